The van der Waals surface area contributed by atoms with E-state index >= 15 is 0 Å². The Morgan fingerprint density at radius 2 is 1.96 bits per heavy atom. The largest absolute Gasteiger partial charge is 0.308 e. The molecule has 0 atom stereocenters. The molecule has 0 N–H and O–H groups in total. The van der Waals surface area contributed by atoms with Crippen molar-refractivity contribution in [1.82, 2.24) is 9.88 Å². The average Bonchev–Trinajstić information content (AvgIpc) is 3.14. The van der Waals surface area contributed by atoms with Gasteiger partial charge < -0.3 is 4.90 Å². The first-order valence-corrected chi connectivity index (χ1v) is 9.96. The molecule has 0 fully saturated rings. The summed E-state index contributed by atoms with van der Waals surface area (Å²) < 4.78 is 2.07. The van der Waals surface area contributed by atoms with E-state index in [4.69, 9.17) is 4.98 Å². The fourth-order valence-electron chi connectivity index (χ4n) is 2.34. The predicted octanol–water partition coefficient (Wildman–Crippen LogP) is 4.64. The number of nitrogens with zero attached hydrogens (tertiary/aromatic N) is 3. The fraction of sp³-hybridized carbons (Fsp3) is 0.294. The van der Waals surface area contributed by atoms with Gasteiger partial charge in [0.05, 0.1) is 18.9 Å². The van der Waals surface area contributed by atoms with Gasteiger partial charge >= 0.3 is 0 Å². The Morgan fingerprint density at radius 3 is 2.58 bits per heavy atom. The standard InChI is InChI=1S/C17H18BrN3OS2/c1-11-5-4-6-12-15(11)19-17(24-12)21(10-9-20(2)3)16(22)13-7-8-14(18)23-13/h4-8H,9-10H2,1-3H3. The van der Waals surface area contributed by atoms with Gasteiger partial charge in [0.15, 0.2) is 5.13 Å². The zero-order chi connectivity index (χ0) is 17.3. The third-order valence-corrected chi connectivity index (χ3v) is 6.30. The first kappa shape index (κ1) is 17.5. The Hall–Kier alpha value is -1.28. The number of rotatable bonds is 5. The van der Waals surface area contributed by atoms with Crippen LogP contribution in [-0.4, -0.2) is 43.0 Å². The lowest BCUT2D eigenvalue weighted by atomic mass is 10.2. The number of hydrogen-bond donors (Lipinski definition) is 0. The van der Waals surface area contributed by atoms with Gasteiger partial charge in [-0.3, -0.25) is 9.69 Å². The van der Waals surface area contributed by atoms with Crippen LogP contribution in [0.1, 0.15) is 15.2 Å². The molecule has 0 spiro atoms. The van der Waals surface area contributed by atoms with Crippen molar-refractivity contribution in [2.75, 3.05) is 32.1 Å². The van der Waals surface area contributed by atoms with Crippen molar-refractivity contribution >= 4 is 59.9 Å². The SMILES string of the molecule is Cc1cccc2sc(N(CCN(C)C)C(=O)c3ccc(Br)s3)nc12. The summed E-state index contributed by atoms with van der Waals surface area (Å²) in [4.78, 5) is 22.3. The van der Waals surface area contributed by atoms with Crippen LogP contribution in [0.15, 0.2) is 34.1 Å². The minimum absolute atomic E-state index is 0.00394. The van der Waals surface area contributed by atoms with Crippen LogP contribution in [0.5, 0.6) is 0 Å². The summed E-state index contributed by atoms with van der Waals surface area (Å²) in [6.07, 6.45) is 0. The van der Waals surface area contributed by atoms with E-state index in [9.17, 15) is 4.79 Å². The number of carbonyl (C=O) groups excluding carboxylic acids is 1. The van der Waals surface area contributed by atoms with Crippen LogP contribution in [0, 0.1) is 6.92 Å². The number of benzene rings is 1. The van der Waals surface area contributed by atoms with Crippen LogP contribution < -0.4 is 4.90 Å². The molecule has 3 aromatic rings. The summed E-state index contributed by atoms with van der Waals surface area (Å²) in [5.74, 6) is 0.00394. The monoisotopic (exact) mass is 423 g/mol. The van der Waals surface area contributed by atoms with Gasteiger partial charge in [0.2, 0.25) is 0 Å². The van der Waals surface area contributed by atoms with E-state index in [-0.39, 0.29) is 5.91 Å². The van der Waals surface area contributed by atoms with E-state index in [1.807, 2.05) is 45.3 Å². The highest BCUT2D eigenvalue weighted by molar-refractivity contribution is 9.11. The van der Waals surface area contributed by atoms with Crippen LogP contribution in [0.25, 0.3) is 10.2 Å². The molecule has 0 saturated carbocycles. The zero-order valence-corrected chi connectivity index (χ0v) is 17.0. The number of carbonyl (C=O) groups is 1. The third-order valence-electron chi connectivity index (χ3n) is 3.64. The second kappa shape index (κ2) is 7.31. The minimum atomic E-state index is 0.00394. The van der Waals surface area contributed by atoms with Crippen LogP contribution in [0.3, 0.4) is 0 Å². The van der Waals surface area contributed by atoms with E-state index in [0.29, 0.717) is 6.54 Å². The molecule has 2 aromatic heterocycles. The van der Waals surface area contributed by atoms with Crippen LogP contribution in [0.4, 0.5) is 5.13 Å². The van der Waals surface area contributed by atoms with Crippen molar-refractivity contribution in [2.24, 2.45) is 0 Å². The number of thiophene rings is 1. The Bertz CT molecular complexity index is 872. The summed E-state index contributed by atoms with van der Waals surface area (Å²) in [6, 6.07) is 9.90. The second-order valence-electron chi connectivity index (χ2n) is 5.78. The zero-order valence-electron chi connectivity index (χ0n) is 13.7. The molecule has 0 aliphatic carbocycles. The molecule has 0 aliphatic heterocycles. The first-order chi connectivity index (χ1) is 11.5. The Balaban J connectivity index is 1.99. The molecule has 0 bridgehead atoms. The quantitative estimate of drug-likeness (QED) is 0.599. The normalized spacial score (nSPS) is 11.4. The number of hydrogen-bond acceptors (Lipinski definition) is 5. The maximum atomic E-state index is 13.0. The van der Waals surface area contributed by atoms with Crippen molar-refractivity contribution in [2.45, 2.75) is 6.92 Å². The highest BCUT2D eigenvalue weighted by atomic mass is 79.9. The van der Waals surface area contributed by atoms with Gasteiger partial charge in [0, 0.05) is 13.1 Å². The molecule has 126 valence electrons. The number of halogens is 1. The van der Waals surface area contributed by atoms with E-state index in [1.54, 1.807) is 16.2 Å². The lowest BCUT2D eigenvalue weighted by Gasteiger charge is -2.21. The molecule has 24 heavy (non-hydrogen) atoms. The van der Waals surface area contributed by atoms with E-state index in [0.717, 1.165) is 36.1 Å². The fourth-order valence-corrected chi connectivity index (χ4v) is 4.74. The molecular weight excluding hydrogens is 406 g/mol. The van der Waals surface area contributed by atoms with Gasteiger partial charge in [-0.2, -0.15) is 0 Å². The second-order valence-corrected chi connectivity index (χ2v) is 9.25. The molecule has 0 radical (unpaired) electrons. The number of aryl methyl sites for hydroxylation is 1. The highest BCUT2D eigenvalue weighted by Gasteiger charge is 2.23. The number of amides is 1. The number of likely N-dealkylation sites (N-methyl/N-ethyl adjacent to an activating group) is 1. The van der Waals surface area contributed by atoms with Gasteiger partial charge in [-0.1, -0.05) is 23.5 Å². The molecule has 3 rings (SSSR count). The van der Waals surface area contributed by atoms with Gasteiger partial charge in [-0.15, -0.1) is 11.3 Å². The average molecular weight is 424 g/mol. The van der Waals surface area contributed by atoms with Crippen LogP contribution in [-0.2, 0) is 0 Å². The summed E-state index contributed by atoms with van der Waals surface area (Å²) in [6.45, 7) is 3.45. The van der Waals surface area contributed by atoms with Gasteiger partial charge in [-0.05, 0) is 60.7 Å². The molecule has 0 saturated heterocycles. The Morgan fingerprint density at radius 1 is 1.17 bits per heavy atom. The maximum Gasteiger partial charge on any atom is 0.270 e. The van der Waals surface area contributed by atoms with Crippen molar-refractivity contribution in [1.29, 1.82) is 0 Å². The topological polar surface area (TPSA) is 36.4 Å². The predicted molar refractivity (Wildman–Crippen MR) is 107 cm³/mol. The van der Waals surface area contributed by atoms with Crippen LogP contribution in [0.2, 0.25) is 0 Å². The lowest BCUT2D eigenvalue weighted by Crippen LogP contribution is -2.36. The molecule has 1 amide bonds. The molecule has 2 heterocycles. The molecule has 0 unspecified atom stereocenters. The number of thiazole rings is 1. The summed E-state index contributed by atoms with van der Waals surface area (Å²) in [5.41, 5.74) is 2.11. The number of aromatic nitrogens is 1. The molecule has 4 nitrogen and oxygen atoms in total. The number of anilines is 1. The van der Waals surface area contributed by atoms with E-state index < -0.39 is 0 Å². The highest BCUT2D eigenvalue weighted by Crippen LogP contribution is 2.32. The number of fused-ring (bicyclic) bond motifs is 1. The molecule has 0 aliphatic rings. The lowest BCUT2D eigenvalue weighted by molar-refractivity contribution is 0.0989. The molecule has 7 heteroatoms. The smallest absolute Gasteiger partial charge is 0.270 e. The summed E-state index contributed by atoms with van der Waals surface area (Å²) in [5, 5.41) is 0.760. The third kappa shape index (κ3) is 3.69. The van der Waals surface area contributed by atoms with Gasteiger partial charge in [-0.25, -0.2) is 4.98 Å². The summed E-state index contributed by atoms with van der Waals surface area (Å²) >= 11 is 6.45. The van der Waals surface area contributed by atoms with Crippen molar-refractivity contribution in [3.05, 3.63) is 44.6 Å². The first-order valence-electron chi connectivity index (χ1n) is 7.54. The molecule has 1 aromatic carbocycles. The van der Waals surface area contributed by atoms with E-state index in [2.05, 4.69) is 26.9 Å². The van der Waals surface area contributed by atoms with Gasteiger partial charge in [0.1, 0.15) is 0 Å². The summed E-state index contributed by atoms with van der Waals surface area (Å²) in [7, 11) is 4.01. The van der Waals surface area contributed by atoms with Crippen LogP contribution >= 0.6 is 38.6 Å². The maximum absolute atomic E-state index is 13.0. The van der Waals surface area contributed by atoms with Gasteiger partial charge in [0.25, 0.3) is 5.91 Å². The van der Waals surface area contributed by atoms with E-state index in [1.165, 1.54) is 11.3 Å². The van der Waals surface area contributed by atoms with Crippen molar-refractivity contribution in [3.63, 3.8) is 0 Å². The van der Waals surface area contributed by atoms with Crippen molar-refractivity contribution in [3.8, 4) is 0 Å². The minimum Gasteiger partial charge on any atom is -0.308 e. The Labute approximate surface area is 157 Å². The molecular formula is C17H18BrN3OS2. The van der Waals surface area contributed by atoms with Crippen molar-refractivity contribution < 1.29 is 4.79 Å². The Kier molecular flexibility index (Phi) is 5.34. The number of para-hydroxylation sites is 1.